The summed E-state index contributed by atoms with van der Waals surface area (Å²) in [5, 5.41) is 0.678. The number of hydrogen-bond donors (Lipinski definition) is 1. The fourth-order valence-electron chi connectivity index (χ4n) is 2.82. The quantitative estimate of drug-likeness (QED) is 0.877. The summed E-state index contributed by atoms with van der Waals surface area (Å²) in [7, 11) is 0. The van der Waals surface area contributed by atoms with Crippen LogP contribution in [0.2, 0.25) is 5.02 Å². The van der Waals surface area contributed by atoms with Gasteiger partial charge in [0.1, 0.15) is 11.9 Å². The van der Waals surface area contributed by atoms with Crippen molar-refractivity contribution in [2.24, 2.45) is 11.1 Å². The lowest BCUT2D eigenvalue weighted by molar-refractivity contribution is -0.0176. The van der Waals surface area contributed by atoms with Crippen molar-refractivity contribution < 1.29 is 14.3 Å². The van der Waals surface area contributed by atoms with Crippen molar-refractivity contribution in [3.05, 3.63) is 53.1 Å². The third-order valence-corrected chi connectivity index (χ3v) is 4.23. The molecule has 0 bridgehead atoms. The van der Waals surface area contributed by atoms with E-state index in [4.69, 9.17) is 26.8 Å². The molecule has 0 aliphatic carbocycles. The van der Waals surface area contributed by atoms with Crippen molar-refractivity contribution in [2.45, 2.75) is 20.0 Å². The minimum atomic E-state index is -0.783. The highest BCUT2D eigenvalue weighted by atomic mass is 35.5. The third-order valence-electron chi connectivity index (χ3n) is 4.00. The number of primary amides is 1. The lowest BCUT2D eigenvalue weighted by Crippen LogP contribution is -2.37. The standard InChI is InChI=1S/C18H18ClNO3/c1-18(2)10-22-15-9-12(11-4-3-5-13(19)8-11)6-7-14(15)16(18)23-17(20)21/h3-9,16H,10H2,1-2H3,(H2,20,21). The number of ether oxygens (including phenoxy) is 2. The first-order chi connectivity index (χ1) is 10.9. The first kappa shape index (κ1) is 15.7. The smallest absolute Gasteiger partial charge is 0.405 e. The Hall–Kier alpha value is -2.20. The number of fused-ring (bicyclic) bond motifs is 1. The van der Waals surface area contributed by atoms with Gasteiger partial charge in [-0.2, -0.15) is 0 Å². The summed E-state index contributed by atoms with van der Waals surface area (Å²) in [4.78, 5) is 11.2. The minimum Gasteiger partial charge on any atom is -0.492 e. The van der Waals surface area contributed by atoms with E-state index in [1.54, 1.807) is 0 Å². The fraction of sp³-hybridized carbons (Fsp3) is 0.278. The molecule has 0 spiro atoms. The number of halogens is 1. The molecule has 1 amide bonds. The van der Waals surface area contributed by atoms with Crippen LogP contribution in [0.25, 0.3) is 11.1 Å². The molecule has 1 unspecified atom stereocenters. The highest BCUT2D eigenvalue weighted by Crippen LogP contribution is 2.46. The van der Waals surface area contributed by atoms with E-state index in [0.717, 1.165) is 16.7 Å². The molecule has 1 atom stereocenters. The number of carbonyl (C=O) groups excluding carboxylic acids is 1. The number of nitrogens with two attached hydrogens (primary N) is 1. The Morgan fingerprint density at radius 3 is 2.70 bits per heavy atom. The van der Waals surface area contributed by atoms with E-state index in [1.165, 1.54) is 0 Å². The number of carbonyl (C=O) groups is 1. The van der Waals surface area contributed by atoms with Gasteiger partial charge in [-0.05, 0) is 29.3 Å². The van der Waals surface area contributed by atoms with Gasteiger partial charge in [0.15, 0.2) is 0 Å². The zero-order valence-electron chi connectivity index (χ0n) is 13.0. The average molecular weight is 332 g/mol. The van der Waals surface area contributed by atoms with Crippen LogP contribution in [0, 0.1) is 5.41 Å². The zero-order chi connectivity index (χ0) is 16.6. The molecular weight excluding hydrogens is 314 g/mol. The van der Waals surface area contributed by atoms with Gasteiger partial charge in [-0.25, -0.2) is 4.79 Å². The predicted molar refractivity (Wildman–Crippen MR) is 89.6 cm³/mol. The largest absolute Gasteiger partial charge is 0.492 e. The maximum atomic E-state index is 11.2. The van der Waals surface area contributed by atoms with E-state index in [-0.39, 0.29) is 5.41 Å². The highest BCUT2D eigenvalue weighted by Gasteiger charge is 2.40. The van der Waals surface area contributed by atoms with Crippen LogP contribution < -0.4 is 10.5 Å². The van der Waals surface area contributed by atoms with E-state index < -0.39 is 12.2 Å². The van der Waals surface area contributed by atoms with Crippen LogP contribution in [0.4, 0.5) is 4.79 Å². The van der Waals surface area contributed by atoms with Crippen molar-refractivity contribution in [1.29, 1.82) is 0 Å². The lowest BCUT2D eigenvalue weighted by Gasteiger charge is -2.38. The van der Waals surface area contributed by atoms with Gasteiger partial charge < -0.3 is 15.2 Å². The summed E-state index contributed by atoms with van der Waals surface area (Å²) in [6.45, 7) is 4.40. The number of benzene rings is 2. The Bertz CT molecular complexity index is 758. The van der Waals surface area contributed by atoms with Gasteiger partial charge in [0.2, 0.25) is 0 Å². The molecule has 2 aromatic carbocycles. The van der Waals surface area contributed by atoms with Gasteiger partial charge in [-0.15, -0.1) is 0 Å². The second kappa shape index (κ2) is 5.78. The van der Waals surface area contributed by atoms with E-state index in [9.17, 15) is 4.79 Å². The van der Waals surface area contributed by atoms with E-state index in [1.807, 2.05) is 56.3 Å². The van der Waals surface area contributed by atoms with Crippen LogP contribution >= 0.6 is 11.6 Å². The normalized spacial score (nSPS) is 18.7. The molecule has 120 valence electrons. The summed E-state index contributed by atoms with van der Waals surface area (Å²) < 4.78 is 11.2. The lowest BCUT2D eigenvalue weighted by atomic mass is 9.80. The van der Waals surface area contributed by atoms with Crippen LogP contribution in [-0.4, -0.2) is 12.7 Å². The molecule has 0 radical (unpaired) electrons. The molecule has 3 rings (SSSR count). The van der Waals surface area contributed by atoms with E-state index in [2.05, 4.69) is 0 Å². The molecular formula is C18H18ClNO3. The molecule has 0 saturated heterocycles. The van der Waals surface area contributed by atoms with Crippen molar-refractivity contribution in [3.8, 4) is 16.9 Å². The van der Waals surface area contributed by atoms with Gasteiger partial charge in [-0.3, -0.25) is 0 Å². The zero-order valence-corrected chi connectivity index (χ0v) is 13.8. The third kappa shape index (κ3) is 3.13. The first-order valence-corrected chi connectivity index (χ1v) is 7.73. The van der Waals surface area contributed by atoms with Gasteiger partial charge in [-0.1, -0.05) is 49.7 Å². The van der Waals surface area contributed by atoms with Gasteiger partial charge >= 0.3 is 6.09 Å². The molecule has 2 N–H and O–H groups in total. The summed E-state index contributed by atoms with van der Waals surface area (Å²) in [5.74, 6) is 0.702. The van der Waals surface area contributed by atoms with Crippen LogP contribution in [0.1, 0.15) is 25.5 Å². The predicted octanol–water partition coefficient (Wildman–Crippen LogP) is 4.56. The number of amides is 1. The minimum absolute atomic E-state index is 0.348. The molecule has 5 heteroatoms. The summed E-state index contributed by atoms with van der Waals surface area (Å²) in [6, 6.07) is 13.4. The van der Waals surface area contributed by atoms with Crippen molar-refractivity contribution >= 4 is 17.7 Å². The fourth-order valence-corrected chi connectivity index (χ4v) is 3.01. The van der Waals surface area contributed by atoms with E-state index in [0.29, 0.717) is 17.4 Å². The maximum Gasteiger partial charge on any atom is 0.405 e. The first-order valence-electron chi connectivity index (χ1n) is 7.35. The number of rotatable bonds is 2. The second-order valence-corrected chi connectivity index (χ2v) is 6.79. The Labute approximate surface area is 140 Å². The monoisotopic (exact) mass is 331 g/mol. The Balaban J connectivity index is 2.02. The van der Waals surface area contributed by atoms with Crippen molar-refractivity contribution in [1.82, 2.24) is 0 Å². The second-order valence-electron chi connectivity index (χ2n) is 6.36. The summed E-state index contributed by atoms with van der Waals surface area (Å²) in [6.07, 6.45) is -1.22. The molecule has 0 fully saturated rings. The topological polar surface area (TPSA) is 61.6 Å². The van der Waals surface area contributed by atoms with Crippen LogP contribution in [0.5, 0.6) is 5.75 Å². The van der Waals surface area contributed by atoms with E-state index >= 15 is 0 Å². The molecule has 0 aromatic heterocycles. The van der Waals surface area contributed by atoms with Crippen LogP contribution in [0.3, 0.4) is 0 Å². The molecule has 1 heterocycles. The molecule has 1 aliphatic rings. The van der Waals surface area contributed by atoms with Gasteiger partial charge in [0, 0.05) is 16.0 Å². The highest BCUT2D eigenvalue weighted by molar-refractivity contribution is 6.30. The van der Waals surface area contributed by atoms with Crippen LogP contribution in [-0.2, 0) is 4.74 Å². The Kier molecular flexibility index (Phi) is 3.94. The SMILES string of the molecule is CC1(C)COc2cc(-c3cccc(Cl)c3)ccc2C1OC(N)=O. The Morgan fingerprint density at radius 2 is 2.00 bits per heavy atom. The van der Waals surface area contributed by atoms with Crippen molar-refractivity contribution in [2.75, 3.05) is 6.61 Å². The molecule has 1 aliphatic heterocycles. The molecule has 23 heavy (non-hydrogen) atoms. The van der Waals surface area contributed by atoms with Gasteiger partial charge in [0.05, 0.1) is 6.61 Å². The molecule has 4 nitrogen and oxygen atoms in total. The molecule has 0 saturated carbocycles. The van der Waals surface area contributed by atoms with Gasteiger partial charge in [0.25, 0.3) is 0 Å². The molecule has 2 aromatic rings. The summed E-state index contributed by atoms with van der Waals surface area (Å²) in [5.41, 5.74) is 7.69. The average Bonchev–Trinajstić information content (AvgIpc) is 2.49. The summed E-state index contributed by atoms with van der Waals surface area (Å²) >= 11 is 6.05. The van der Waals surface area contributed by atoms with Crippen LogP contribution in [0.15, 0.2) is 42.5 Å². The Morgan fingerprint density at radius 1 is 1.26 bits per heavy atom. The maximum absolute atomic E-state index is 11.2. The van der Waals surface area contributed by atoms with Crippen molar-refractivity contribution in [3.63, 3.8) is 0 Å². The number of hydrogen-bond acceptors (Lipinski definition) is 3.